The van der Waals surface area contributed by atoms with Crippen LogP contribution in [0.1, 0.15) is 24.5 Å². The lowest BCUT2D eigenvalue weighted by atomic mass is 10.1. The standard InChI is InChI=1S/C11H13ClO2/c12-9-3-1-8(2-4-9)11-6-5-10(7-13)14-11/h1-4,10-11,13H,5-7H2. The molecule has 0 aromatic heterocycles. The molecule has 76 valence electrons. The molecule has 0 amide bonds. The van der Waals surface area contributed by atoms with Crippen molar-refractivity contribution in [1.82, 2.24) is 0 Å². The number of ether oxygens (including phenoxy) is 1. The molecule has 1 N–H and O–H groups in total. The van der Waals surface area contributed by atoms with Crippen LogP contribution in [0.25, 0.3) is 0 Å². The molecular weight excluding hydrogens is 200 g/mol. The summed E-state index contributed by atoms with van der Waals surface area (Å²) in [5.41, 5.74) is 1.14. The molecule has 0 radical (unpaired) electrons. The summed E-state index contributed by atoms with van der Waals surface area (Å²) >= 11 is 5.79. The minimum atomic E-state index is 0.00989. The van der Waals surface area contributed by atoms with E-state index in [0.717, 1.165) is 23.4 Å². The van der Waals surface area contributed by atoms with Gasteiger partial charge in [0, 0.05) is 5.02 Å². The summed E-state index contributed by atoms with van der Waals surface area (Å²) in [7, 11) is 0. The van der Waals surface area contributed by atoms with Crippen molar-refractivity contribution in [2.24, 2.45) is 0 Å². The normalized spacial score (nSPS) is 26.7. The highest BCUT2D eigenvalue weighted by molar-refractivity contribution is 6.30. The number of benzene rings is 1. The highest BCUT2D eigenvalue weighted by Gasteiger charge is 2.25. The summed E-state index contributed by atoms with van der Waals surface area (Å²) in [5, 5.41) is 9.67. The van der Waals surface area contributed by atoms with Gasteiger partial charge in [-0.05, 0) is 30.5 Å². The number of hydrogen-bond acceptors (Lipinski definition) is 2. The van der Waals surface area contributed by atoms with Crippen LogP contribution in [0.5, 0.6) is 0 Å². The van der Waals surface area contributed by atoms with Gasteiger partial charge in [0.1, 0.15) is 0 Å². The molecule has 0 bridgehead atoms. The Bertz CT molecular complexity index is 297. The van der Waals surface area contributed by atoms with Gasteiger partial charge in [0.25, 0.3) is 0 Å². The fraction of sp³-hybridized carbons (Fsp3) is 0.455. The summed E-state index contributed by atoms with van der Waals surface area (Å²) in [6.07, 6.45) is 2.05. The van der Waals surface area contributed by atoms with Crippen LogP contribution in [0.4, 0.5) is 0 Å². The average Bonchev–Trinajstić information content (AvgIpc) is 2.67. The molecule has 3 heteroatoms. The quantitative estimate of drug-likeness (QED) is 0.817. The highest BCUT2D eigenvalue weighted by atomic mass is 35.5. The summed E-state index contributed by atoms with van der Waals surface area (Å²) in [6, 6.07) is 7.69. The molecular formula is C11H13ClO2. The molecule has 14 heavy (non-hydrogen) atoms. The van der Waals surface area contributed by atoms with Crippen LogP contribution >= 0.6 is 11.6 Å². The van der Waals surface area contributed by atoms with Gasteiger partial charge in [-0.3, -0.25) is 0 Å². The van der Waals surface area contributed by atoms with Crippen molar-refractivity contribution >= 4 is 11.6 Å². The van der Waals surface area contributed by atoms with Crippen LogP contribution in [0.2, 0.25) is 5.02 Å². The summed E-state index contributed by atoms with van der Waals surface area (Å²) < 4.78 is 5.64. The fourth-order valence-corrected chi connectivity index (χ4v) is 1.89. The van der Waals surface area contributed by atoms with Crippen molar-refractivity contribution < 1.29 is 9.84 Å². The molecule has 1 heterocycles. The van der Waals surface area contributed by atoms with Crippen LogP contribution in [0, 0.1) is 0 Å². The summed E-state index contributed by atoms with van der Waals surface area (Å²) in [5.74, 6) is 0. The second-order valence-electron chi connectivity index (χ2n) is 3.56. The first-order valence-corrected chi connectivity index (χ1v) is 5.19. The predicted octanol–water partition coefficient (Wildman–Crippen LogP) is 2.55. The monoisotopic (exact) mass is 212 g/mol. The highest BCUT2D eigenvalue weighted by Crippen LogP contribution is 2.32. The molecule has 0 aliphatic carbocycles. The third kappa shape index (κ3) is 2.08. The number of aliphatic hydroxyl groups is 1. The van der Waals surface area contributed by atoms with Crippen LogP contribution in [-0.2, 0) is 4.74 Å². The Balaban J connectivity index is 2.06. The molecule has 0 spiro atoms. The van der Waals surface area contributed by atoms with Crippen LogP contribution in [-0.4, -0.2) is 17.8 Å². The van der Waals surface area contributed by atoms with Gasteiger partial charge in [-0.25, -0.2) is 0 Å². The van der Waals surface area contributed by atoms with E-state index in [4.69, 9.17) is 21.4 Å². The zero-order chi connectivity index (χ0) is 9.97. The SMILES string of the molecule is OCC1CCC(c2ccc(Cl)cc2)O1. The van der Waals surface area contributed by atoms with Gasteiger partial charge >= 0.3 is 0 Å². The Morgan fingerprint density at radius 3 is 2.57 bits per heavy atom. The number of aliphatic hydroxyl groups excluding tert-OH is 1. The first kappa shape index (κ1) is 9.97. The van der Waals surface area contributed by atoms with E-state index >= 15 is 0 Å². The lowest BCUT2D eigenvalue weighted by Gasteiger charge is -2.12. The fourth-order valence-electron chi connectivity index (χ4n) is 1.76. The molecule has 0 saturated carbocycles. The average molecular weight is 213 g/mol. The van der Waals surface area contributed by atoms with E-state index in [0.29, 0.717) is 0 Å². The van der Waals surface area contributed by atoms with E-state index in [9.17, 15) is 0 Å². The van der Waals surface area contributed by atoms with Crippen molar-refractivity contribution in [3.63, 3.8) is 0 Å². The van der Waals surface area contributed by atoms with Crippen LogP contribution in [0.15, 0.2) is 24.3 Å². The third-order valence-corrected chi connectivity index (χ3v) is 2.80. The molecule has 1 aliphatic rings. The molecule has 1 aromatic carbocycles. The first-order valence-electron chi connectivity index (χ1n) is 4.81. The smallest absolute Gasteiger partial charge is 0.0830 e. The van der Waals surface area contributed by atoms with Crippen molar-refractivity contribution in [1.29, 1.82) is 0 Å². The minimum absolute atomic E-state index is 0.00989. The Hall–Kier alpha value is -0.570. The van der Waals surface area contributed by atoms with Gasteiger partial charge in [0.2, 0.25) is 0 Å². The Kier molecular flexibility index (Phi) is 3.06. The molecule has 1 aromatic rings. The molecule has 2 rings (SSSR count). The van der Waals surface area contributed by atoms with Gasteiger partial charge in [0.05, 0.1) is 18.8 Å². The molecule has 2 atom stereocenters. The van der Waals surface area contributed by atoms with Crippen molar-refractivity contribution in [2.75, 3.05) is 6.61 Å². The molecule has 1 saturated heterocycles. The maximum absolute atomic E-state index is 8.93. The maximum atomic E-state index is 8.93. The second-order valence-corrected chi connectivity index (χ2v) is 3.99. The second kappa shape index (κ2) is 4.30. The Labute approximate surface area is 88.5 Å². The van der Waals surface area contributed by atoms with Gasteiger partial charge in [-0.15, -0.1) is 0 Å². The zero-order valence-electron chi connectivity index (χ0n) is 7.82. The van der Waals surface area contributed by atoms with Crippen molar-refractivity contribution in [2.45, 2.75) is 25.0 Å². The Morgan fingerprint density at radius 1 is 1.29 bits per heavy atom. The van der Waals surface area contributed by atoms with Crippen LogP contribution < -0.4 is 0 Å². The molecule has 2 nitrogen and oxygen atoms in total. The van der Waals surface area contributed by atoms with Crippen molar-refractivity contribution in [3.8, 4) is 0 Å². The van der Waals surface area contributed by atoms with E-state index in [2.05, 4.69) is 0 Å². The van der Waals surface area contributed by atoms with E-state index in [-0.39, 0.29) is 18.8 Å². The molecule has 1 fully saturated rings. The van der Waals surface area contributed by atoms with Gasteiger partial charge < -0.3 is 9.84 Å². The van der Waals surface area contributed by atoms with E-state index in [1.54, 1.807) is 0 Å². The van der Waals surface area contributed by atoms with Gasteiger partial charge in [-0.2, -0.15) is 0 Å². The molecule has 1 aliphatic heterocycles. The Morgan fingerprint density at radius 2 is 2.00 bits per heavy atom. The largest absolute Gasteiger partial charge is 0.394 e. The van der Waals surface area contributed by atoms with Gasteiger partial charge in [-0.1, -0.05) is 23.7 Å². The van der Waals surface area contributed by atoms with E-state index in [1.165, 1.54) is 0 Å². The minimum Gasteiger partial charge on any atom is -0.394 e. The summed E-state index contributed by atoms with van der Waals surface area (Å²) in [6.45, 7) is 0.115. The number of hydrogen-bond donors (Lipinski definition) is 1. The predicted molar refractivity (Wildman–Crippen MR) is 55.4 cm³/mol. The van der Waals surface area contributed by atoms with Gasteiger partial charge in [0.15, 0.2) is 0 Å². The lowest BCUT2D eigenvalue weighted by Crippen LogP contribution is -2.10. The summed E-state index contributed by atoms with van der Waals surface area (Å²) in [4.78, 5) is 0. The topological polar surface area (TPSA) is 29.5 Å². The zero-order valence-corrected chi connectivity index (χ0v) is 8.57. The van der Waals surface area contributed by atoms with E-state index < -0.39 is 0 Å². The number of halogens is 1. The third-order valence-electron chi connectivity index (χ3n) is 2.55. The first-order chi connectivity index (χ1) is 6.79. The maximum Gasteiger partial charge on any atom is 0.0830 e. The molecule has 2 unspecified atom stereocenters. The number of rotatable bonds is 2. The lowest BCUT2D eigenvalue weighted by molar-refractivity contribution is 0.0110. The van der Waals surface area contributed by atoms with E-state index in [1.807, 2.05) is 24.3 Å². The van der Waals surface area contributed by atoms with Crippen molar-refractivity contribution in [3.05, 3.63) is 34.9 Å². The van der Waals surface area contributed by atoms with Crippen LogP contribution in [0.3, 0.4) is 0 Å².